The highest BCUT2D eigenvalue weighted by atomic mass is 16.2. The molecule has 0 radical (unpaired) electrons. The van der Waals surface area contributed by atoms with E-state index in [1.54, 1.807) is 0 Å². The molecule has 2 fully saturated rings. The number of likely N-dealkylation sites (tertiary alicyclic amines) is 1. The summed E-state index contributed by atoms with van der Waals surface area (Å²) < 4.78 is 1.97. The Balaban J connectivity index is 1.52. The number of carbonyl (C=O) groups excluding carboxylic acids is 1. The summed E-state index contributed by atoms with van der Waals surface area (Å²) >= 11 is 0. The maximum absolute atomic E-state index is 12.6. The van der Waals surface area contributed by atoms with E-state index in [0.717, 1.165) is 31.1 Å². The van der Waals surface area contributed by atoms with Crippen molar-refractivity contribution < 1.29 is 4.79 Å². The summed E-state index contributed by atoms with van der Waals surface area (Å²) in [6.07, 6.45) is 8.64. The average molecular weight is 367 g/mol. The maximum atomic E-state index is 12.6. The minimum absolute atomic E-state index is 0.0230. The monoisotopic (exact) mass is 366 g/mol. The Labute approximate surface area is 161 Å². The lowest BCUT2D eigenvalue weighted by molar-refractivity contribution is 0.115. The van der Waals surface area contributed by atoms with E-state index in [4.69, 9.17) is 0 Å². The summed E-state index contributed by atoms with van der Waals surface area (Å²) in [7, 11) is 0. The summed E-state index contributed by atoms with van der Waals surface area (Å²) in [6, 6.07) is 8.08. The number of benzene rings is 1. The fraction of sp³-hybridized carbons (Fsp3) is 0.591. The summed E-state index contributed by atoms with van der Waals surface area (Å²) in [6.45, 7) is 6.74. The van der Waals surface area contributed by atoms with Crippen LogP contribution < -0.4 is 5.43 Å². The van der Waals surface area contributed by atoms with Gasteiger partial charge in [-0.3, -0.25) is 9.58 Å². The average Bonchev–Trinajstić information content (AvgIpc) is 3.47. The SMILES string of the molecule is CCN(CC)C(=O)Nn1cc2c3c(cccc31)[C@H]1CCCN(C3CC3)[C@@H]1C2. The van der Waals surface area contributed by atoms with Crippen molar-refractivity contribution in [3.8, 4) is 0 Å². The number of aromatic nitrogens is 1. The van der Waals surface area contributed by atoms with Gasteiger partial charge in [-0.1, -0.05) is 12.1 Å². The van der Waals surface area contributed by atoms with Crippen LogP contribution >= 0.6 is 0 Å². The van der Waals surface area contributed by atoms with Gasteiger partial charge in [-0.25, -0.2) is 10.2 Å². The second-order valence-electron chi connectivity index (χ2n) is 8.34. The number of nitrogens with one attached hydrogen (secondary N) is 1. The molecule has 0 bridgehead atoms. The molecular formula is C22H30N4O. The van der Waals surface area contributed by atoms with Crippen LogP contribution in [0.25, 0.3) is 10.9 Å². The van der Waals surface area contributed by atoms with Gasteiger partial charge in [0.1, 0.15) is 0 Å². The first-order valence-electron chi connectivity index (χ1n) is 10.7. The standard InChI is InChI=1S/C22H30N4O/c1-3-24(4-2)22(27)23-26-14-15-13-20-17(8-6-12-25(20)16-10-11-16)18-7-5-9-19(26)21(15)18/h5,7,9,14,16-17,20H,3-4,6,8,10-13H2,1-2H3,(H,23,27)/t17-,20-/m1/s1. The van der Waals surface area contributed by atoms with Crippen molar-refractivity contribution in [2.45, 2.75) is 64.0 Å². The zero-order valence-electron chi connectivity index (χ0n) is 16.4. The molecule has 2 aromatic rings. The summed E-state index contributed by atoms with van der Waals surface area (Å²) in [4.78, 5) is 17.2. The predicted octanol–water partition coefficient (Wildman–Crippen LogP) is 3.91. The molecular weight excluding hydrogens is 336 g/mol. The Morgan fingerprint density at radius 1 is 1.22 bits per heavy atom. The van der Waals surface area contributed by atoms with E-state index >= 15 is 0 Å². The van der Waals surface area contributed by atoms with Crippen LogP contribution in [0.4, 0.5) is 4.79 Å². The highest BCUT2D eigenvalue weighted by molar-refractivity contribution is 5.92. The Hall–Kier alpha value is -2.01. The molecule has 1 N–H and O–H groups in total. The van der Waals surface area contributed by atoms with Gasteiger partial charge in [0.15, 0.2) is 0 Å². The molecule has 1 saturated heterocycles. The molecule has 2 amide bonds. The van der Waals surface area contributed by atoms with Gasteiger partial charge >= 0.3 is 6.03 Å². The van der Waals surface area contributed by atoms with Crippen LogP contribution in [0.3, 0.4) is 0 Å². The van der Waals surface area contributed by atoms with Crippen LogP contribution in [-0.4, -0.2) is 52.2 Å². The lowest BCUT2D eigenvalue weighted by Crippen LogP contribution is -2.47. The lowest BCUT2D eigenvalue weighted by atomic mass is 9.75. The van der Waals surface area contributed by atoms with Gasteiger partial charge in [0.25, 0.3) is 0 Å². The molecule has 0 unspecified atom stereocenters. The van der Waals surface area contributed by atoms with Crippen LogP contribution in [0.2, 0.25) is 0 Å². The van der Waals surface area contributed by atoms with E-state index in [9.17, 15) is 4.79 Å². The van der Waals surface area contributed by atoms with Gasteiger partial charge in [-0.05, 0) is 69.7 Å². The number of nitrogens with zero attached hydrogens (tertiary/aromatic N) is 3. The number of fused-ring (bicyclic) bond motifs is 2. The fourth-order valence-electron chi connectivity index (χ4n) is 5.43. The lowest BCUT2D eigenvalue weighted by Gasteiger charge is -2.44. The van der Waals surface area contributed by atoms with Crippen LogP contribution in [-0.2, 0) is 6.42 Å². The van der Waals surface area contributed by atoms with E-state index in [0.29, 0.717) is 12.0 Å². The van der Waals surface area contributed by atoms with Crippen LogP contribution in [0.15, 0.2) is 24.4 Å². The molecule has 3 aliphatic rings. The summed E-state index contributed by atoms with van der Waals surface area (Å²) in [5.74, 6) is 0.643. The molecule has 27 heavy (non-hydrogen) atoms. The zero-order valence-corrected chi connectivity index (χ0v) is 16.4. The molecule has 1 aromatic heterocycles. The fourth-order valence-corrected chi connectivity index (χ4v) is 5.43. The molecule has 2 atom stereocenters. The first kappa shape index (κ1) is 17.1. The Bertz CT molecular complexity index is 865. The first-order chi connectivity index (χ1) is 13.2. The highest BCUT2D eigenvalue weighted by Gasteiger charge is 2.43. The maximum Gasteiger partial charge on any atom is 0.336 e. The topological polar surface area (TPSA) is 40.5 Å². The zero-order chi connectivity index (χ0) is 18.5. The smallest absolute Gasteiger partial charge is 0.324 e. The first-order valence-corrected chi connectivity index (χ1v) is 10.7. The van der Waals surface area contributed by atoms with Crippen molar-refractivity contribution >= 4 is 16.9 Å². The molecule has 0 spiro atoms. The van der Waals surface area contributed by atoms with Crippen molar-refractivity contribution in [3.05, 3.63) is 35.5 Å². The second-order valence-corrected chi connectivity index (χ2v) is 8.34. The van der Waals surface area contributed by atoms with E-state index < -0.39 is 0 Å². The number of piperidine rings is 1. The quantitative estimate of drug-likeness (QED) is 0.891. The molecule has 144 valence electrons. The Kier molecular flexibility index (Phi) is 4.15. The van der Waals surface area contributed by atoms with Gasteiger partial charge in [0.2, 0.25) is 0 Å². The van der Waals surface area contributed by atoms with Crippen LogP contribution in [0.1, 0.15) is 56.6 Å². The molecule has 5 nitrogen and oxygen atoms in total. The number of hydrogen-bond donors (Lipinski definition) is 1. The van der Waals surface area contributed by atoms with Crippen LogP contribution in [0.5, 0.6) is 0 Å². The number of rotatable bonds is 4. The molecule has 1 saturated carbocycles. The van der Waals surface area contributed by atoms with E-state index in [2.05, 4.69) is 34.7 Å². The third-order valence-electron chi connectivity index (χ3n) is 6.87. The van der Waals surface area contributed by atoms with Crippen molar-refractivity contribution in [2.24, 2.45) is 0 Å². The molecule has 1 aliphatic heterocycles. The van der Waals surface area contributed by atoms with Gasteiger partial charge < -0.3 is 4.90 Å². The van der Waals surface area contributed by atoms with Crippen molar-refractivity contribution in [3.63, 3.8) is 0 Å². The van der Waals surface area contributed by atoms with E-state index in [1.165, 1.54) is 48.7 Å². The van der Waals surface area contributed by atoms with Crippen molar-refractivity contribution in [1.82, 2.24) is 14.5 Å². The minimum Gasteiger partial charge on any atom is -0.324 e. The van der Waals surface area contributed by atoms with Gasteiger partial charge in [0.05, 0.1) is 5.52 Å². The normalized spacial score (nSPS) is 24.7. The summed E-state index contributed by atoms with van der Waals surface area (Å²) in [5.41, 5.74) is 7.16. The van der Waals surface area contributed by atoms with Crippen LogP contribution in [0, 0.1) is 0 Å². The minimum atomic E-state index is -0.0230. The second kappa shape index (κ2) is 6.55. The number of carbonyl (C=O) groups is 1. The van der Waals surface area contributed by atoms with Gasteiger partial charge in [0, 0.05) is 42.7 Å². The Morgan fingerprint density at radius 2 is 2.04 bits per heavy atom. The molecule has 1 aromatic carbocycles. The largest absolute Gasteiger partial charge is 0.336 e. The van der Waals surface area contributed by atoms with E-state index in [1.807, 2.05) is 23.4 Å². The molecule has 5 heteroatoms. The number of amides is 2. The van der Waals surface area contributed by atoms with Crippen molar-refractivity contribution in [1.29, 1.82) is 0 Å². The Morgan fingerprint density at radius 3 is 2.78 bits per heavy atom. The van der Waals surface area contributed by atoms with Gasteiger partial charge in [-0.15, -0.1) is 0 Å². The molecule has 5 rings (SSSR count). The van der Waals surface area contributed by atoms with Gasteiger partial charge in [-0.2, -0.15) is 0 Å². The number of urea groups is 1. The third kappa shape index (κ3) is 2.75. The molecule has 2 heterocycles. The highest BCUT2D eigenvalue weighted by Crippen LogP contribution is 2.46. The molecule has 2 aliphatic carbocycles. The third-order valence-corrected chi connectivity index (χ3v) is 6.87. The van der Waals surface area contributed by atoms with E-state index in [-0.39, 0.29) is 6.03 Å². The number of hydrogen-bond acceptors (Lipinski definition) is 2. The van der Waals surface area contributed by atoms with Crippen molar-refractivity contribution in [2.75, 3.05) is 25.1 Å². The summed E-state index contributed by atoms with van der Waals surface area (Å²) in [5, 5.41) is 1.39. The predicted molar refractivity (Wildman–Crippen MR) is 109 cm³/mol.